The van der Waals surface area contributed by atoms with Gasteiger partial charge in [0.15, 0.2) is 0 Å². The fourth-order valence-electron chi connectivity index (χ4n) is 3.64. The number of carbonyl (C=O) groups is 1. The van der Waals surface area contributed by atoms with Crippen molar-refractivity contribution < 1.29 is 9.18 Å². The molecule has 1 aliphatic heterocycles. The Morgan fingerprint density at radius 1 is 1.24 bits per heavy atom. The van der Waals surface area contributed by atoms with Gasteiger partial charge in [-0.2, -0.15) is 5.10 Å². The molecule has 0 radical (unpaired) electrons. The Hall–Kier alpha value is -2.89. The van der Waals surface area contributed by atoms with Crippen molar-refractivity contribution in [1.29, 1.82) is 0 Å². The van der Waals surface area contributed by atoms with Gasteiger partial charge in [-0.25, -0.2) is 8.91 Å². The van der Waals surface area contributed by atoms with Crippen molar-refractivity contribution in [3.05, 3.63) is 65.7 Å². The van der Waals surface area contributed by atoms with Crippen molar-refractivity contribution in [2.45, 2.75) is 25.3 Å². The Kier molecular flexibility index (Phi) is 3.87. The highest BCUT2D eigenvalue weighted by atomic mass is 19.1. The minimum atomic E-state index is -0.493. The molecule has 2 N–H and O–H groups in total. The van der Waals surface area contributed by atoms with Crippen LogP contribution in [0.4, 0.5) is 10.1 Å². The zero-order chi connectivity index (χ0) is 17.4. The van der Waals surface area contributed by atoms with Crippen molar-refractivity contribution >= 4 is 17.1 Å². The summed E-state index contributed by atoms with van der Waals surface area (Å²) in [4.78, 5) is 13.9. The number of anilines is 1. The maximum atomic E-state index is 13.7. The van der Waals surface area contributed by atoms with Gasteiger partial charge in [0.05, 0.1) is 23.3 Å². The second-order valence-corrected chi connectivity index (χ2v) is 6.40. The van der Waals surface area contributed by atoms with Crippen LogP contribution < -0.4 is 10.6 Å². The van der Waals surface area contributed by atoms with Crippen LogP contribution in [-0.2, 0) is 0 Å². The number of halogens is 1. The third-order valence-corrected chi connectivity index (χ3v) is 4.84. The van der Waals surface area contributed by atoms with Crippen LogP contribution in [0.5, 0.6) is 0 Å². The van der Waals surface area contributed by atoms with Crippen LogP contribution in [0.1, 0.15) is 41.2 Å². The largest absolute Gasteiger partial charge is 0.365 e. The summed E-state index contributed by atoms with van der Waals surface area (Å²) in [6.45, 7) is 0.886. The summed E-state index contributed by atoms with van der Waals surface area (Å²) < 4.78 is 15.3. The summed E-state index contributed by atoms with van der Waals surface area (Å²) >= 11 is 0. The quantitative estimate of drug-likeness (QED) is 0.797. The van der Waals surface area contributed by atoms with E-state index < -0.39 is 5.91 Å². The van der Waals surface area contributed by atoms with Crippen molar-refractivity contribution in [1.82, 2.24) is 9.61 Å². The van der Waals surface area contributed by atoms with E-state index >= 15 is 0 Å². The summed E-state index contributed by atoms with van der Waals surface area (Å²) in [5.41, 5.74) is 8.50. The highest BCUT2D eigenvalue weighted by Crippen LogP contribution is 2.35. The molecule has 0 saturated carbocycles. The van der Waals surface area contributed by atoms with Gasteiger partial charge in [-0.05, 0) is 49.1 Å². The van der Waals surface area contributed by atoms with Crippen LogP contribution in [0.3, 0.4) is 0 Å². The molecule has 25 heavy (non-hydrogen) atoms. The molecule has 1 saturated heterocycles. The fraction of sp³-hybridized carbons (Fsp3) is 0.263. The molecule has 3 heterocycles. The maximum Gasteiger partial charge on any atom is 0.252 e. The number of aromatic nitrogens is 2. The first-order valence-electron chi connectivity index (χ1n) is 8.43. The van der Waals surface area contributed by atoms with Crippen LogP contribution in [0.2, 0.25) is 0 Å². The molecule has 1 aliphatic rings. The molecule has 3 aromatic rings. The van der Waals surface area contributed by atoms with Gasteiger partial charge in [0.2, 0.25) is 0 Å². The lowest BCUT2D eigenvalue weighted by Gasteiger charge is -2.38. The van der Waals surface area contributed by atoms with Crippen LogP contribution in [0, 0.1) is 5.82 Å². The first kappa shape index (κ1) is 15.6. The van der Waals surface area contributed by atoms with E-state index in [1.807, 2.05) is 24.4 Å². The summed E-state index contributed by atoms with van der Waals surface area (Å²) in [5.74, 6) is -0.710. The third-order valence-electron chi connectivity index (χ3n) is 4.84. The van der Waals surface area contributed by atoms with Gasteiger partial charge in [-0.15, -0.1) is 0 Å². The van der Waals surface area contributed by atoms with Gasteiger partial charge in [-0.1, -0.05) is 12.1 Å². The number of nitrogens with zero attached hydrogens (tertiary/aromatic N) is 3. The van der Waals surface area contributed by atoms with Crippen molar-refractivity contribution in [3.63, 3.8) is 0 Å². The van der Waals surface area contributed by atoms with Crippen molar-refractivity contribution in [2.24, 2.45) is 5.73 Å². The SMILES string of the molecule is NC(=O)c1cnn2ccc(N3CCCCC3c3cccc(F)c3)cc12. The highest BCUT2D eigenvalue weighted by molar-refractivity contribution is 5.99. The van der Waals surface area contributed by atoms with E-state index in [0.29, 0.717) is 11.1 Å². The molecule has 6 heteroatoms. The lowest BCUT2D eigenvalue weighted by molar-refractivity contribution is 0.100. The van der Waals surface area contributed by atoms with E-state index in [2.05, 4.69) is 10.00 Å². The van der Waals surface area contributed by atoms with E-state index in [1.54, 1.807) is 16.6 Å². The number of benzene rings is 1. The smallest absolute Gasteiger partial charge is 0.252 e. The predicted molar refractivity (Wildman–Crippen MR) is 94.0 cm³/mol. The van der Waals surface area contributed by atoms with Gasteiger partial charge in [0.25, 0.3) is 5.91 Å². The average Bonchev–Trinajstić information content (AvgIpc) is 3.05. The number of fused-ring (bicyclic) bond motifs is 1. The van der Waals surface area contributed by atoms with E-state index in [-0.39, 0.29) is 11.9 Å². The summed E-state index contributed by atoms with van der Waals surface area (Å²) in [7, 11) is 0. The average molecular weight is 338 g/mol. The zero-order valence-corrected chi connectivity index (χ0v) is 13.7. The molecular weight excluding hydrogens is 319 g/mol. The van der Waals surface area contributed by atoms with Gasteiger partial charge in [0, 0.05) is 18.4 Å². The number of hydrogen-bond acceptors (Lipinski definition) is 3. The monoisotopic (exact) mass is 338 g/mol. The molecule has 4 rings (SSSR count). The number of pyridine rings is 1. The number of carbonyl (C=O) groups excluding carboxylic acids is 1. The molecule has 0 aliphatic carbocycles. The van der Waals surface area contributed by atoms with E-state index in [1.165, 1.54) is 12.3 Å². The molecule has 1 atom stereocenters. The predicted octanol–water partition coefficient (Wildman–Crippen LogP) is 3.30. The molecule has 5 nitrogen and oxygen atoms in total. The third kappa shape index (κ3) is 2.84. The number of primary amides is 1. The van der Waals surface area contributed by atoms with E-state index in [0.717, 1.165) is 37.1 Å². The molecule has 2 aromatic heterocycles. The topological polar surface area (TPSA) is 63.6 Å². The Morgan fingerprint density at radius 3 is 2.92 bits per heavy atom. The number of hydrogen-bond donors (Lipinski definition) is 1. The zero-order valence-electron chi connectivity index (χ0n) is 13.7. The van der Waals surface area contributed by atoms with Crippen LogP contribution >= 0.6 is 0 Å². The van der Waals surface area contributed by atoms with Crippen LogP contribution in [-0.4, -0.2) is 22.1 Å². The second kappa shape index (κ2) is 6.20. The summed E-state index contributed by atoms with van der Waals surface area (Å²) in [5, 5.41) is 4.16. The molecular formula is C19H19FN4O. The first-order valence-corrected chi connectivity index (χ1v) is 8.43. The highest BCUT2D eigenvalue weighted by Gasteiger charge is 2.25. The summed E-state index contributed by atoms with van der Waals surface area (Å²) in [6.07, 6.45) is 6.48. The standard InChI is InChI=1S/C19H19FN4O/c20-14-5-3-4-13(10-14)17-6-1-2-8-23(17)15-7-9-24-18(11-15)16(12-22-24)19(21)25/h3-5,7,9-12,17H,1-2,6,8H2,(H2,21,25). The second-order valence-electron chi connectivity index (χ2n) is 6.40. The van der Waals surface area contributed by atoms with Crippen LogP contribution in [0.15, 0.2) is 48.8 Å². The maximum absolute atomic E-state index is 13.7. The molecule has 1 amide bonds. The van der Waals surface area contributed by atoms with Gasteiger partial charge in [0.1, 0.15) is 5.82 Å². The number of amides is 1. The minimum absolute atomic E-state index is 0.117. The Morgan fingerprint density at radius 2 is 2.12 bits per heavy atom. The normalized spacial score (nSPS) is 17.8. The molecule has 128 valence electrons. The molecule has 1 fully saturated rings. The van der Waals surface area contributed by atoms with Gasteiger partial charge >= 0.3 is 0 Å². The molecule has 1 aromatic carbocycles. The number of rotatable bonds is 3. The molecule has 0 bridgehead atoms. The minimum Gasteiger partial charge on any atom is -0.365 e. The van der Waals surface area contributed by atoms with Crippen LogP contribution in [0.25, 0.3) is 5.52 Å². The Bertz CT molecular complexity index is 936. The first-order chi connectivity index (χ1) is 12.1. The fourth-order valence-corrected chi connectivity index (χ4v) is 3.64. The Balaban J connectivity index is 1.76. The number of nitrogens with two attached hydrogens (primary N) is 1. The lowest BCUT2D eigenvalue weighted by Crippen LogP contribution is -2.33. The molecule has 0 spiro atoms. The van der Waals surface area contributed by atoms with Crippen molar-refractivity contribution in [2.75, 3.05) is 11.4 Å². The van der Waals surface area contributed by atoms with Gasteiger partial charge in [-0.3, -0.25) is 4.79 Å². The van der Waals surface area contributed by atoms with E-state index in [4.69, 9.17) is 5.73 Å². The number of piperidine rings is 1. The van der Waals surface area contributed by atoms with Gasteiger partial charge < -0.3 is 10.6 Å². The lowest BCUT2D eigenvalue weighted by atomic mass is 9.94. The summed E-state index contributed by atoms with van der Waals surface area (Å²) in [6, 6.07) is 10.8. The Labute approximate surface area is 144 Å². The molecule has 1 unspecified atom stereocenters. The van der Waals surface area contributed by atoms with E-state index in [9.17, 15) is 9.18 Å². The van der Waals surface area contributed by atoms with Crippen molar-refractivity contribution in [3.8, 4) is 0 Å².